The van der Waals surface area contributed by atoms with Gasteiger partial charge in [0.05, 0.1) is 20.6 Å². The highest BCUT2D eigenvalue weighted by molar-refractivity contribution is 5.78. The van der Waals surface area contributed by atoms with Crippen molar-refractivity contribution in [2.45, 2.75) is 39.8 Å². The van der Waals surface area contributed by atoms with E-state index in [1.54, 1.807) is 6.92 Å². The fourth-order valence-electron chi connectivity index (χ4n) is 2.86. The van der Waals surface area contributed by atoms with Crippen LogP contribution in [0.25, 0.3) is 0 Å². The van der Waals surface area contributed by atoms with Crippen LogP contribution in [0.1, 0.15) is 37.8 Å². The Kier molecular flexibility index (Phi) is 6.64. The summed E-state index contributed by atoms with van der Waals surface area (Å²) in [6.45, 7) is 6.16. The molecule has 0 amide bonds. The normalized spacial score (nSPS) is 16.5. The Morgan fingerprint density at radius 3 is 2.31 bits per heavy atom. The summed E-state index contributed by atoms with van der Waals surface area (Å²) in [5, 5.41) is 0. The van der Waals surface area contributed by atoms with Crippen LogP contribution < -0.4 is 0 Å². The fraction of sp³-hybridized carbons (Fsp3) is 0.600. The van der Waals surface area contributed by atoms with Crippen molar-refractivity contribution in [2.75, 3.05) is 33.9 Å². The Balaban J connectivity index is 1.85. The zero-order valence-electron chi connectivity index (χ0n) is 16.2. The van der Waals surface area contributed by atoms with Crippen LogP contribution in [0, 0.1) is 5.41 Å². The molecule has 6 nitrogen and oxygen atoms in total. The lowest BCUT2D eigenvalue weighted by Crippen LogP contribution is -2.44. The van der Waals surface area contributed by atoms with Crippen molar-refractivity contribution in [1.82, 2.24) is 0 Å². The molecule has 2 rings (SSSR count). The lowest BCUT2D eigenvalue weighted by atomic mass is 9.92. The largest absolute Gasteiger partial charge is 0.508 e. The maximum absolute atomic E-state index is 12.3. The van der Waals surface area contributed by atoms with Crippen LogP contribution in [0.2, 0.25) is 0 Å². The van der Waals surface area contributed by atoms with Gasteiger partial charge in [-0.15, -0.1) is 0 Å². The van der Waals surface area contributed by atoms with Crippen molar-refractivity contribution in [2.24, 2.45) is 5.41 Å². The molecule has 1 fully saturated rings. The van der Waals surface area contributed by atoms with Gasteiger partial charge in [0.15, 0.2) is 0 Å². The van der Waals surface area contributed by atoms with Crippen LogP contribution in [0.5, 0.6) is 0 Å². The SMILES string of the molecule is CCCC[N+](C)(C)Cc1ccc(COC(=O)C2(C)COC(=O)OC2)cc1. The van der Waals surface area contributed by atoms with Crippen molar-refractivity contribution < 1.29 is 28.3 Å². The van der Waals surface area contributed by atoms with E-state index in [0.29, 0.717) is 0 Å². The Bertz CT molecular complexity index is 614. The summed E-state index contributed by atoms with van der Waals surface area (Å²) < 4.78 is 15.9. The molecule has 1 aliphatic heterocycles. The predicted molar refractivity (Wildman–Crippen MR) is 97.2 cm³/mol. The summed E-state index contributed by atoms with van der Waals surface area (Å²) in [5.41, 5.74) is 1.24. The zero-order valence-corrected chi connectivity index (χ0v) is 16.2. The Hall–Kier alpha value is -2.08. The van der Waals surface area contributed by atoms with E-state index in [9.17, 15) is 9.59 Å². The average molecular weight is 364 g/mol. The van der Waals surface area contributed by atoms with E-state index in [1.165, 1.54) is 18.4 Å². The first-order valence-corrected chi connectivity index (χ1v) is 9.11. The zero-order chi connectivity index (χ0) is 19.2. The number of esters is 1. The molecule has 1 aromatic carbocycles. The maximum Gasteiger partial charge on any atom is 0.508 e. The van der Waals surface area contributed by atoms with E-state index in [1.807, 2.05) is 12.1 Å². The number of unbranched alkanes of at least 4 members (excludes halogenated alkanes) is 1. The first-order valence-electron chi connectivity index (χ1n) is 9.11. The molecule has 26 heavy (non-hydrogen) atoms. The number of benzene rings is 1. The Morgan fingerprint density at radius 2 is 1.73 bits per heavy atom. The maximum atomic E-state index is 12.3. The molecule has 6 heteroatoms. The minimum Gasteiger partial charge on any atom is -0.460 e. The molecule has 0 unspecified atom stereocenters. The van der Waals surface area contributed by atoms with Crippen LogP contribution in [-0.2, 0) is 32.2 Å². The van der Waals surface area contributed by atoms with E-state index in [4.69, 9.17) is 14.2 Å². The molecule has 0 aliphatic carbocycles. The second kappa shape index (κ2) is 8.54. The van der Waals surface area contributed by atoms with Crippen molar-refractivity contribution in [1.29, 1.82) is 0 Å². The standard InChI is InChI=1S/C20H30NO5/c1-5-6-11-21(3,4)12-16-7-9-17(10-8-16)13-24-18(22)20(2)14-25-19(23)26-15-20/h7-10H,5-6,11-15H2,1-4H3/q+1. The topological polar surface area (TPSA) is 61.8 Å². The van der Waals surface area contributed by atoms with Gasteiger partial charge in [0, 0.05) is 5.56 Å². The minimum atomic E-state index is -0.950. The van der Waals surface area contributed by atoms with E-state index < -0.39 is 17.5 Å². The molecule has 1 aliphatic rings. The molecular formula is C20H30NO5+. The third kappa shape index (κ3) is 5.73. The summed E-state index contributed by atoms with van der Waals surface area (Å²) >= 11 is 0. The Morgan fingerprint density at radius 1 is 1.15 bits per heavy atom. The number of hydrogen-bond donors (Lipinski definition) is 0. The van der Waals surface area contributed by atoms with Gasteiger partial charge in [-0.3, -0.25) is 4.79 Å². The van der Waals surface area contributed by atoms with Crippen molar-refractivity contribution in [3.05, 3.63) is 35.4 Å². The fourth-order valence-corrected chi connectivity index (χ4v) is 2.86. The monoisotopic (exact) mass is 364 g/mol. The van der Waals surface area contributed by atoms with Crippen LogP contribution in [0.4, 0.5) is 4.79 Å². The molecule has 0 atom stereocenters. The number of quaternary nitrogens is 1. The van der Waals surface area contributed by atoms with Crippen molar-refractivity contribution >= 4 is 12.1 Å². The second-order valence-corrected chi connectivity index (χ2v) is 7.95. The highest BCUT2D eigenvalue weighted by atomic mass is 16.7. The molecule has 0 aromatic heterocycles. The van der Waals surface area contributed by atoms with Crippen LogP contribution in [-0.4, -0.2) is 50.5 Å². The molecule has 0 spiro atoms. The highest BCUT2D eigenvalue weighted by Gasteiger charge is 2.41. The number of carbonyl (C=O) groups excluding carboxylic acids is 2. The van der Waals surface area contributed by atoms with E-state index in [0.717, 1.165) is 23.1 Å². The van der Waals surface area contributed by atoms with Crippen molar-refractivity contribution in [3.63, 3.8) is 0 Å². The molecule has 1 aromatic rings. The van der Waals surface area contributed by atoms with Crippen LogP contribution in [0.3, 0.4) is 0 Å². The predicted octanol–water partition coefficient (Wildman–Crippen LogP) is 3.28. The van der Waals surface area contributed by atoms with Gasteiger partial charge in [-0.1, -0.05) is 37.6 Å². The molecule has 1 saturated heterocycles. The minimum absolute atomic E-state index is 0.0195. The van der Waals surface area contributed by atoms with Crippen molar-refractivity contribution in [3.8, 4) is 0 Å². The van der Waals surface area contributed by atoms with E-state index in [2.05, 4.69) is 33.2 Å². The molecule has 0 N–H and O–H groups in total. The molecule has 1 heterocycles. The first kappa shape index (κ1) is 20.2. The molecular weight excluding hydrogens is 334 g/mol. The summed E-state index contributed by atoms with van der Waals surface area (Å²) in [7, 11) is 4.48. The second-order valence-electron chi connectivity index (χ2n) is 7.95. The number of carbonyl (C=O) groups is 2. The molecule has 0 bridgehead atoms. The first-order chi connectivity index (χ1) is 12.2. The van der Waals surface area contributed by atoms with Crippen LogP contribution >= 0.6 is 0 Å². The highest BCUT2D eigenvalue weighted by Crippen LogP contribution is 2.24. The summed E-state index contributed by atoms with van der Waals surface area (Å²) in [6.07, 6.45) is 1.68. The van der Waals surface area contributed by atoms with E-state index >= 15 is 0 Å². The molecule has 0 radical (unpaired) electrons. The van der Waals surface area contributed by atoms with Gasteiger partial charge in [-0.05, 0) is 18.9 Å². The average Bonchev–Trinajstić information content (AvgIpc) is 2.61. The number of rotatable bonds is 8. The quantitative estimate of drug-likeness (QED) is 0.523. The summed E-state index contributed by atoms with van der Waals surface area (Å²) in [5.74, 6) is -0.425. The molecule has 0 saturated carbocycles. The molecule has 144 valence electrons. The third-order valence-electron chi connectivity index (χ3n) is 4.63. The number of nitrogens with zero attached hydrogens (tertiary/aromatic N) is 1. The Labute approximate surface area is 155 Å². The van der Waals surface area contributed by atoms with E-state index in [-0.39, 0.29) is 19.8 Å². The van der Waals surface area contributed by atoms with Gasteiger partial charge in [0.2, 0.25) is 0 Å². The smallest absolute Gasteiger partial charge is 0.460 e. The van der Waals surface area contributed by atoms with Gasteiger partial charge in [0.25, 0.3) is 0 Å². The number of hydrogen-bond acceptors (Lipinski definition) is 5. The van der Waals surface area contributed by atoms with Gasteiger partial charge in [-0.2, -0.15) is 0 Å². The lowest BCUT2D eigenvalue weighted by Gasteiger charge is -2.30. The summed E-state index contributed by atoms with van der Waals surface area (Å²) in [4.78, 5) is 23.2. The summed E-state index contributed by atoms with van der Waals surface area (Å²) in [6, 6.07) is 8.15. The van der Waals surface area contributed by atoms with Gasteiger partial charge >= 0.3 is 12.1 Å². The lowest BCUT2D eigenvalue weighted by molar-refractivity contribution is -0.903. The van der Waals surface area contributed by atoms with Crippen LogP contribution in [0.15, 0.2) is 24.3 Å². The number of ether oxygens (including phenoxy) is 3. The van der Waals surface area contributed by atoms with Gasteiger partial charge in [0.1, 0.15) is 31.8 Å². The number of cyclic esters (lactones) is 2. The van der Waals surface area contributed by atoms with Gasteiger partial charge < -0.3 is 18.7 Å². The van der Waals surface area contributed by atoms with Gasteiger partial charge in [-0.25, -0.2) is 4.79 Å². The third-order valence-corrected chi connectivity index (χ3v) is 4.63.